The SMILES string of the molecule is O=C(O)CCCCCCCCCC(=O)NCCCN1CCCC1. The molecule has 0 aromatic heterocycles. The molecule has 0 aromatic rings. The first-order chi connectivity index (χ1) is 11.2. The third kappa shape index (κ3) is 12.0. The summed E-state index contributed by atoms with van der Waals surface area (Å²) >= 11 is 0. The number of hydrogen-bond acceptors (Lipinski definition) is 3. The van der Waals surface area contributed by atoms with Crippen LogP contribution in [0.4, 0.5) is 0 Å². The Bertz CT molecular complexity index is 328. The number of amides is 1. The fourth-order valence-electron chi connectivity index (χ4n) is 3.07. The van der Waals surface area contributed by atoms with Gasteiger partial charge in [0.1, 0.15) is 0 Å². The molecule has 1 rings (SSSR count). The molecule has 1 saturated heterocycles. The molecule has 23 heavy (non-hydrogen) atoms. The number of hydrogen-bond donors (Lipinski definition) is 2. The van der Waals surface area contributed by atoms with Crippen molar-refractivity contribution in [3.05, 3.63) is 0 Å². The molecular formula is C18H34N2O3. The molecule has 2 N–H and O–H groups in total. The van der Waals surface area contributed by atoms with Gasteiger partial charge in [0.05, 0.1) is 0 Å². The highest BCUT2D eigenvalue weighted by atomic mass is 16.4. The van der Waals surface area contributed by atoms with E-state index in [0.717, 1.165) is 64.5 Å². The summed E-state index contributed by atoms with van der Waals surface area (Å²) in [6.45, 7) is 4.37. The van der Waals surface area contributed by atoms with Crippen LogP contribution in [0.15, 0.2) is 0 Å². The van der Waals surface area contributed by atoms with Crippen LogP contribution in [0.1, 0.15) is 77.0 Å². The Kier molecular flexibility index (Phi) is 11.6. The van der Waals surface area contributed by atoms with Gasteiger partial charge in [0.15, 0.2) is 0 Å². The third-order valence-corrected chi connectivity index (χ3v) is 4.47. The summed E-state index contributed by atoms with van der Waals surface area (Å²) in [4.78, 5) is 24.5. The molecule has 5 nitrogen and oxygen atoms in total. The molecule has 0 unspecified atom stereocenters. The molecule has 0 spiro atoms. The maximum absolute atomic E-state index is 11.7. The van der Waals surface area contributed by atoms with Gasteiger partial charge in [0.25, 0.3) is 0 Å². The molecular weight excluding hydrogens is 292 g/mol. The van der Waals surface area contributed by atoms with E-state index in [9.17, 15) is 9.59 Å². The van der Waals surface area contributed by atoms with Crippen LogP contribution in [0.25, 0.3) is 0 Å². The molecule has 0 aliphatic carbocycles. The highest BCUT2D eigenvalue weighted by molar-refractivity contribution is 5.75. The summed E-state index contributed by atoms with van der Waals surface area (Å²) in [5, 5.41) is 11.5. The maximum atomic E-state index is 11.7. The average molecular weight is 326 g/mol. The summed E-state index contributed by atoms with van der Waals surface area (Å²) in [6.07, 6.45) is 11.9. The van der Waals surface area contributed by atoms with E-state index in [-0.39, 0.29) is 12.3 Å². The van der Waals surface area contributed by atoms with Crippen LogP contribution in [-0.2, 0) is 9.59 Å². The predicted molar refractivity (Wildman–Crippen MR) is 92.5 cm³/mol. The monoisotopic (exact) mass is 326 g/mol. The lowest BCUT2D eigenvalue weighted by Gasteiger charge is -2.14. The summed E-state index contributed by atoms with van der Waals surface area (Å²) in [5.41, 5.74) is 0. The zero-order valence-corrected chi connectivity index (χ0v) is 14.5. The third-order valence-electron chi connectivity index (χ3n) is 4.47. The quantitative estimate of drug-likeness (QED) is 0.481. The molecule has 0 bridgehead atoms. The van der Waals surface area contributed by atoms with Crippen molar-refractivity contribution in [3.8, 4) is 0 Å². The van der Waals surface area contributed by atoms with Crippen molar-refractivity contribution in [1.29, 1.82) is 0 Å². The summed E-state index contributed by atoms with van der Waals surface area (Å²) < 4.78 is 0. The van der Waals surface area contributed by atoms with Crippen molar-refractivity contribution >= 4 is 11.9 Å². The van der Waals surface area contributed by atoms with E-state index >= 15 is 0 Å². The zero-order valence-electron chi connectivity index (χ0n) is 14.5. The van der Waals surface area contributed by atoms with Gasteiger partial charge >= 0.3 is 5.97 Å². The molecule has 1 aliphatic rings. The van der Waals surface area contributed by atoms with Crippen molar-refractivity contribution < 1.29 is 14.7 Å². The fraction of sp³-hybridized carbons (Fsp3) is 0.889. The van der Waals surface area contributed by atoms with Crippen LogP contribution < -0.4 is 5.32 Å². The lowest BCUT2D eigenvalue weighted by molar-refractivity contribution is -0.137. The number of rotatable bonds is 14. The standard InChI is InChI=1S/C18H34N2O3/c21-17(19-13-10-16-20-14-8-9-15-20)11-6-4-2-1-3-5-7-12-18(22)23/h1-16H2,(H,19,21)(H,22,23). The number of nitrogens with zero attached hydrogens (tertiary/aromatic N) is 1. The van der Waals surface area contributed by atoms with Crippen LogP contribution in [-0.4, -0.2) is 48.1 Å². The molecule has 1 amide bonds. The normalized spacial score (nSPS) is 15.0. The molecule has 0 aromatic carbocycles. The Labute approximate surface area is 140 Å². The zero-order chi connectivity index (χ0) is 16.8. The van der Waals surface area contributed by atoms with Crippen molar-refractivity contribution in [2.24, 2.45) is 0 Å². The highest BCUT2D eigenvalue weighted by Gasteiger charge is 2.10. The van der Waals surface area contributed by atoms with Crippen LogP contribution >= 0.6 is 0 Å². The summed E-state index contributed by atoms with van der Waals surface area (Å²) in [6, 6.07) is 0. The number of carbonyl (C=O) groups is 2. The van der Waals surface area contributed by atoms with Crippen molar-refractivity contribution in [1.82, 2.24) is 10.2 Å². The molecule has 1 fully saturated rings. The Morgan fingerprint density at radius 2 is 1.39 bits per heavy atom. The van der Waals surface area contributed by atoms with E-state index in [1.54, 1.807) is 0 Å². The molecule has 134 valence electrons. The van der Waals surface area contributed by atoms with Gasteiger partial charge in [-0.05, 0) is 51.7 Å². The second-order valence-corrected chi connectivity index (χ2v) is 6.62. The van der Waals surface area contributed by atoms with Gasteiger partial charge in [-0.2, -0.15) is 0 Å². The number of aliphatic carboxylic acids is 1. The van der Waals surface area contributed by atoms with Gasteiger partial charge in [0.2, 0.25) is 5.91 Å². The smallest absolute Gasteiger partial charge is 0.303 e. The van der Waals surface area contributed by atoms with Gasteiger partial charge in [0, 0.05) is 19.4 Å². The average Bonchev–Trinajstić information content (AvgIpc) is 3.03. The van der Waals surface area contributed by atoms with Gasteiger partial charge < -0.3 is 15.3 Å². The number of carboxylic acids is 1. The van der Waals surface area contributed by atoms with Crippen molar-refractivity contribution in [2.45, 2.75) is 77.0 Å². The second-order valence-electron chi connectivity index (χ2n) is 6.62. The van der Waals surface area contributed by atoms with Gasteiger partial charge in [-0.15, -0.1) is 0 Å². The van der Waals surface area contributed by atoms with Crippen molar-refractivity contribution in [2.75, 3.05) is 26.2 Å². The van der Waals surface area contributed by atoms with Gasteiger partial charge in [-0.1, -0.05) is 32.1 Å². The van der Waals surface area contributed by atoms with E-state index < -0.39 is 5.97 Å². The first-order valence-corrected chi connectivity index (χ1v) is 9.39. The fourth-order valence-corrected chi connectivity index (χ4v) is 3.07. The number of nitrogens with one attached hydrogen (secondary N) is 1. The van der Waals surface area contributed by atoms with Gasteiger partial charge in [-0.3, -0.25) is 9.59 Å². The van der Waals surface area contributed by atoms with E-state index in [4.69, 9.17) is 5.11 Å². The Balaban J connectivity index is 1.78. The van der Waals surface area contributed by atoms with Crippen LogP contribution in [0.2, 0.25) is 0 Å². The number of likely N-dealkylation sites (tertiary alicyclic amines) is 1. The minimum atomic E-state index is -0.698. The van der Waals surface area contributed by atoms with Crippen molar-refractivity contribution in [3.63, 3.8) is 0 Å². The lowest BCUT2D eigenvalue weighted by atomic mass is 10.1. The predicted octanol–water partition coefficient (Wildman–Crippen LogP) is 3.18. The number of carboxylic acid groups (broad SMARTS) is 1. The van der Waals surface area contributed by atoms with E-state index in [0.29, 0.717) is 6.42 Å². The van der Waals surface area contributed by atoms with E-state index in [1.807, 2.05) is 0 Å². The molecule has 0 radical (unpaired) electrons. The van der Waals surface area contributed by atoms with Crippen LogP contribution in [0, 0.1) is 0 Å². The van der Waals surface area contributed by atoms with Crippen LogP contribution in [0.5, 0.6) is 0 Å². The first-order valence-electron chi connectivity index (χ1n) is 9.39. The summed E-state index contributed by atoms with van der Waals surface area (Å²) in [5.74, 6) is -0.510. The lowest BCUT2D eigenvalue weighted by Crippen LogP contribution is -2.28. The maximum Gasteiger partial charge on any atom is 0.303 e. The first kappa shape index (κ1) is 19.9. The Morgan fingerprint density at radius 1 is 0.826 bits per heavy atom. The molecule has 1 aliphatic heterocycles. The van der Waals surface area contributed by atoms with Crippen LogP contribution in [0.3, 0.4) is 0 Å². The largest absolute Gasteiger partial charge is 0.481 e. The topological polar surface area (TPSA) is 69.6 Å². The Morgan fingerprint density at radius 3 is 2.00 bits per heavy atom. The van der Waals surface area contributed by atoms with E-state index in [1.165, 1.54) is 25.9 Å². The molecule has 1 heterocycles. The van der Waals surface area contributed by atoms with E-state index in [2.05, 4.69) is 10.2 Å². The van der Waals surface area contributed by atoms with Gasteiger partial charge in [-0.25, -0.2) is 0 Å². The second kappa shape index (κ2) is 13.3. The molecule has 0 saturated carbocycles. The highest BCUT2D eigenvalue weighted by Crippen LogP contribution is 2.10. The Hall–Kier alpha value is -1.10. The number of unbranched alkanes of at least 4 members (excludes halogenated alkanes) is 6. The minimum absolute atomic E-state index is 0.188. The minimum Gasteiger partial charge on any atom is -0.481 e. The number of carbonyl (C=O) groups excluding carboxylic acids is 1. The molecule has 0 atom stereocenters. The summed E-state index contributed by atoms with van der Waals surface area (Å²) in [7, 11) is 0. The molecule has 5 heteroatoms.